The van der Waals surface area contributed by atoms with Crippen LogP contribution in [0.15, 0.2) is 11.1 Å². The third kappa shape index (κ3) is 4.15. The molecule has 0 radical (unpaired) electrons. The highest BCUT2D eigenvalue weighted by Crippen LogP contribution is 2.32. The van der Waals surface area contributed by atoms with Crippen molar-refractivity contribution < 1.29 is 17.9 Å². The summed E-state index contributed by atoms with van der Waals surface area (Å²) in [6, 6.07) is -0.839. The Morgan fingerprint density at radius 1 is 1.27 bits per heavy atom. The van der Waals surface area contributed by atoms with E-state index in [1.54, 1.807) is 18.8 Å². The number of aryl methyl sites for hydroxylation is 1. The number of amides is 2. The van der Waals surface area contributed by atoms with Crippen LogP contribution in [0.25, 0.3) is 0 Å². The summed E-state index contributed by atoms with van der Waals surface area (Å²) < 4.78 is 36.4. The van der Waals surface area contributed by atoms with E-state index in [1.165, 1.54) is 10.9 Å². The minimum atomic E-state index is -4.18. The largest absolute Gasteiger partial charge is 0.475 e. The van der Waals surface area contributed by atoms with Crippen molar-refractivity contribution in [2.45, 2.75) is 57.0 Å². The molecule has 1 aliphatic heterocycles. The number of nitrogens with one attached hydrogen (secondary N) is 3. The van der Waals surface area contributed by atoms with Gasteiger partial charge < -0.3 is 15.4 Å². The predicted octanol–water partition coefficient (Wildman–Crippen LogP) is 1.35. The number of anilines is 1. The lowest BCUT2D eigenvalue weighted by Crippen LogP contribution is -2.40. The molecule has 166 valence electrons. The molecule has 3 N–H and O–H groups in total. The zero-order chi connectivity index (χ0) is 22.2. The molecule has 0 saturated heterocycles. The number of carbonyl (C=O) groups is 1. The van der Waals surface area contributed by atoms with Crippen molar-refractivity contribution in [1.82, 2.24) is 29.6 Å². The standard InChI is InChI=1S/C18H29N7O4S/c1-10(2)14-15(16(11(3)4)24(6)22-14)21-18(26)23-30(27,28)13-7-20-25-8-12(19-5)9-29-17(13)25/h7,10-12,19H,8-9H2,1-6H3,(H2,21,23,26). The van der Waals surface area contributed by atoms with E-state index in [-0.39, 0.29) is 28.7 Å². The summed E-state index contributed by atoms with van der Waals surface area (Å²) in [5.41, 5.74) is 2.04. The SMILES string of the molecule is CNC1COc2c(S(=O)(=O)NC(=O)Nc3c(C(C)C)nn(C)c3C(C)C)cnn2C1. The van der Waals surface area contributed by atoms with E-state index in [9.17, 15) is 13.2 Å². The highest BCUT2D eigenvalue weighted by atomic mass is 32.2. The molecular formula is C18H29N7O4S. The number of rotatable bonds is 6. The van der Waals surface area contributed by atoms with E-state index in [0.29, 0.717) is 24.5 Å². The molecule has 0 bridgehead atoms. The van der Waals surface area contributed by atoms with Crippen molar-refractivity contribution in [2.75, 3.05) is 19.0 Å². The molecule has 3 rings (SSSR count). The van der Waals surface area contributed by atoms with Crippen LogP contribution < -0.4 is 20.1 Å². The van der Waals surface area contributed by atoms with Crippen molar-refractivity contribution >= 4 is 21.7 Å². The molecule has 2 amide bonds. The molecule has 0 fully saturated rings. The van der Waals surface area contributed by atoms with Gasteiger partial charge >= 0.3 is 6.03 Å². The van der Waals surface area contributed by atoms with Crippen molar-refractivity contribution in [3.63, 3.8) is 0 Å². The fourth-order valence-electron chi connectivity index (χ4n) is 3.50. The van der Waals surface area contributed by atoms with Gasteiger partial charge in [0.1, 0.15) is 6.61 Å². The zero-order valence-electron chi connectivity index (χ0n) is 18.1. The van der Waals surface area contributed by atoms with Crippen LogP contribution in [0.3, 0.4) is 0 Å². The minimum absolute atomic E-state index is 0.0266. The molecule has 11 nitrogen and oxygen atoms in total. The molecule has 12 heteroatoms. The fraction of sp³-hybridized carbons (Fsp3) is 0.611. The average molecular weight is 440 g/mol. The van der Waals surface area contributed by atoms with E-state index >= 15 is 0 Å². The van der Waals surface area contributed by atoms with Gasteiger partial charge in [0.15, 0.2) is 4.90 Å². The number of nitrogens with zero attached hydrogens (tertiary/aromatic N) is 4. The van der Waals surface area contributed by atoms with E-state index < -0.39 is 16.1 Å². The number of carbonyl (C=O) groups excluding carboxylic acids is 1. The monoisotopic (exact) mass is 439 g/mol. The Labute approximate surface area is 176 Å². The predicted molar refractivity (Wildman–Crippen MR) is 111 cm³/mol. The first-order valence-corrected chi connectivity index (χ1v) is 11.3. The van der Waals surface area contributed by atoms with Gasteiger partial charge in [0.25, 0.3) is 10.0 Å². The molecule has 2 aromatic heterocycles. The topological polar surface area (TPSA) is 132 Å². The second-order valence-corrected chi connectivity index (χ2v) is 9.58. The first-order chi connectivity index (χ1) is 14.0. The number of ether oxygens (including phenoxy) is 1. The van der Waals surface area contributed by atoms with Crippen LogP contribution in [0.5, 0.6) is 5.88 Å². The van der Waals surface area contributed by atoms with E-state index in [1.807, 2.05) is 27.7 Å². The van der Waals surface area contributed by atoms with Gasteiger partial charge in [-0.25, -0.2) is 22.6 Å². The molecule has 2 aromatic rings. The van der Waals surface area contributed by atoms with Gasteiger partial charge in [0.05, 0.1) is 35.9 Å². The summed E-state index contributed by atoms with van der Waals surface area (Å²) in [5, 5.41) is 14.3. The highest BCUT2D eigenvalue weighted by molar-refractivity contribution is 7.90. The molecule has 1 unspecified atom stereocenters. The van der Waals surface area contributed by atoms with Gasteiger partial charge in [0, 0.05) is 7.05 Å². The van der Waals surface area contributed by atoms with Gasteiger partial charge in [-0.15, -0.1) is 0 Å². The number of sulfonamides is 1. The molecule has 0 aliphatic carbocycles. The number of urea groups is 1. The summed E-state index contributed by atoms with van der Waals surface area (Å²) in [6.07, 6.45) is 1.19. The Morgan fingerprint density at radius 3 is 2.57 bits per heavy atom. The number of hydrogen-bond acceptors (Lipinski definition) is 7. The fourth-order valence-corrected chi connectivity index (χ4v) is 4.49. The van der Waals surface area contributed by atoms with Gasteiger partial charge in [-0.1, -0.05) is 27.7 Å². The molecule has 0 aromatic carbocycles. The molecular weight excluding hydrogens is 410 g/mol. The summed E-state index contributed by atoms with van der Waals surface area (Å²) in [5.74, 6) is 0.249. The number of fused-ring (bicyclic) bond motifs is 1. The Bertz CT molecular complexity index is 1040. The summed E-state index contributed by atoms with van der Waals surface area (Å²) in [7, 11) is -0.585. The lowest BCUT2D eigenvalue weighted by Gasteiger charge is -2.24. The third-order valence-corrected chi connectivity index (χ3v) is 6.26. The highest BCUT2D eigenvalue weighted by Gasteiger charge is 2.31. The van der Waals surface area contributed by atoms with Crippen molar-refractivity contribution in [3.05, 3.63) is 17.6 Å². The molecule has 0 spiro atoms. The lowest BCUT2D eigenvalue weighted by molar-refractivity contribution is 0.184. The van der Waals surface area contributed by atoms with Crippen LogP contribution >= 0.6 is 0 Å². The maximum atomic E-state index is 12.8. The van der Waals surface area contributed by atoms with Crippen LogP contribution in [0.1, 0.15) is 50.9 Å². The van der Waals surface area contributed by atoms with Crippen LogP contribution in [0.4, 0.5) is 10.5 Å². The van der Waals surface area contributed by atoms with Crippen molar-refractivity contribution in [3.8, 4) is 5.88 Å². The van der Waals surface area contributed by atoms with Crippen molar-refractivity contribution in [2.24, 2.45) is 7.05 Å². The van der Waals surface area contributed by atoms with Crippen LogP contribution in [0, 0.1) is 0 Å². The Kier molecular flexibility index (Phi) is 6.09. The first-order valence-electron chi connectivity index (χ1n) is 9.81. The molecule has 0 saturated carbocycles. The summed E-state index contributed by atoms with van der Waals surface area (Å²) >= 11 is 0. The maximum Gasteiger partial charge on any atom is 0.333 e. The van der Waals surface area contributed by atoms with Crippen LogP contribution in [-0.4, -0.2) is 53.7 Å². The van der Waals surface area contributed by atoms with Crippen LogP contribution in [0.2, 0.25) is 0 Å². The summed E-state index contributed by atoms with van der Waals surface area (Å²) in [4.78, 5) is 12.5. The quantitative estimate of drug-likeness (QED) is 0.619. The second kappa shape index (κ2) is 8.26. The average Bonchev–Trinajstić information content (AvgIpc) is 3.21. The molecule has 1 aliphatic rings. The first kappa shape index (κ1) is 22.1. The molecule has 3 heterocycles. The number of aromatic nitrogens is 4. The Morgan fingerprint density at radius 2 is 1.97 bits per heavy atom. The Balaban J connectivity index is 1.83. The van der Waals surface area contributed by atoms with E-state index in [4.69, 9.17) is 4.74 Å². The van der Waals surface area contributed by atoms with Crippen molar-refractivity contribution in [1.29, 1.82) is 0 Å². The maximum absolute atomic E-state index is 12.8. The lowest BCUT2D eigenvalue weighted by atomic mass is 10.0. The smallest absolute Gasteiger partial charge is 0.333 e. The Hall–Kier alpha value is -2.60. The van der Waals surface area contributed by atoms with Gasteiger partial charge in [-0.05, 0) is 18.9 Å². The van der Waals surface area contributed by atoms with Gasteiger partial charge in [-0.2, -0.15) is 10.2 Å². The van der Waals surface area contributed by atoms with E-state index in [0.717, 1.165) is 5.69 Å². The summed E-state index contributed by atoms with van der Waals surface area (Å²) in [6.45, 7) is 8.66. The second-order valence-electron chi connectivity index (χ2n) is 7.93. The number of hydrogen-bond donors (Lipinski definition) is 3. The van der Waals surface area contributed by atoms with E-state index in [2.05, 4.69) is 25.6 Å². The zero-order valence-corrected chi connectivity index (χ0v) is 18.9. The van der Waals surface area contributed by atoms with Crippen LogP contribution in [-0.2, 0) is 23.6 Å². The van der Waals surface area contributed by atoms with Gasteiger partial charge in [0.2, 0.25) is 5.88 Å². The molecule has 30 heavy (non-hydrogen) atoms. The normalized spacial score (nSPS) is 16.5. The van der Waals surface area contributed by atoms with Gasteiger partial charge in [-0.3, -0.25) is 4.68 Å². The minimum Gasteiger partial charge on any atom is -0.475 e. The number of likely N-dealkylation sites (N-methyl/N-ethyl adjacent to an activating group) is 1. The third-order valence-electron chi connectivity index (χ3n) is 4.95. The molecule has 1 atom stereocenters.